The van der Waals surface area contributed by atoms with Crippen molar-refractivity contribution in [2.75, 3.05) is 0 Å². The third kappa shape index (κ3) is 15.1. The number of hydrogen-bond acceptors (Lipinski definition) is 2. The van der Waals surface area contributed by atoms with E-state index in [-0.39, 0.29) is 0 Å². The van der Waals surface area contributed by atoms with E-state index in [1.54, 1.807) is 0 Å². The second kappa shape index (κ2) is 25.6. The molecule has 0 atom stereocenters. The Morgan fingerprint density at radius 1 is 0.625 bits per heavy atom. The van der Waals surface area contributed by atoms with Gasteiger partial charge in [0.25, 0.3) is 0 Å². The summed E-state index contributed by atoms with van der Waals surface area (Å²) < 4.78 is 0. The molecule has 0 spiro atoms. The third-order valence-electron chi connectivity index (χ3n) is 9.27. The molecule has 0 saturated heterocycles. The fourth-order valence-corrected chi connectivity index (χ4v) is 6.67. The Morgan fingerprint density at radius 2 is 1.15 bits per heavy atom. The fraction of sp³-hybridized carbons (Fsp3) is 0.556. The molecule has 0 fully saturated rings. The van der Waals surface area contributed by atoms with Gasteiger partial charge in [0.2, 0.25) is 0 Å². The molecule has 2 nitrogen and oxygen atoms in total. The van der Waals surface area contributed by atoms with Crippen LogP contribution in [0.3, 0.4) is 0 Å². The van der Waals surface area contributed by atoms with Gasteiger partial charge in [0, 0.05) is 6.21 Å². The number of nitrogens with zero attached hydrogens (tertiary/aromatic N) is 2. The van der Waals surface area contributed by atoms with Crippen LogP contribution in [0.2, 0.25) is 10.8 Å². The normalized spacial score (nSPS) is 11.7. The van der Waals surface area contributed by atoms with Gasteiger partial charge in [-0.2, -0.15) is 0 Å². The van der Waals surface area contributed by atoms with Crippen LogP contribution in [0, 0.1) is 6.92 Å². The van der Waals surface area contributed by atoms with Crippen LogP contribution in [0.1, 0.15) is 146 Å². The maximum atomic E-state index is 5.15. The predicted molar refractivity (Wildman–Crippen MR) is 213 cm³/mol. The molecule has 3 heteroatoms. The Morgan fingerprint density at radius 3 is 1.69 bits per heavy atom. The van der Waals surface area contributed by atoms with Gasteiger partial charge in [-0.1, -0.05) is 129 Å². The molecule has 0 unspecified atom stereocenters. The number of aryl methyl sites for hydroxylation is 3. The number of rotatable bonds is 21. The van der Waals surface area contributed by atoms with Crippen LogP contribution in [0.5, 0.6) is 0 Å². The van der Waals surface area contributed by atoms with Gasteiger partial charge in [0.1, 0.15) is 0 Å². The van der Waals surface area contributed by atoms with Gasteiger partial charge in [0.05, 0.1) is 17.1 Å². The van der Waals surface area contributed by atoms with Crippen molar-refractivity contribution in [3.05, 3.63) is 82.4 Å². The second-order valence-corrected chi connectivity index (χ2v) is 14.7. The predicted octanol–water partition coefficient (Wildman–Crippen LogP) is 14.6. The first-order valence-electron chi connectivity index (χ1n) is 19.1. The number of unbranched alkanes of at least 4 members (excludes halogenated alkanes) is 10. The average Bonchev–Trinajstić information content (AvgIpc) is 3.10. The van der Waals surface area contributed by atoms with Gasteiger partial charge < -0.3 is 0 Å². The van der Waals surface area contributed by atoms with Crippen LogP contribution in [0.4, 0.5) is 11.4 Å². The molecule has 0 aliphatic rings. The van der Waals surface area contributed by atoms with E-state index in [2.05, 4.69) is 107 Å². The van der Waals surface area contributed by atoms with Crippen LogP contribution in [-0.4, -0.2) is 11.9 Å². The van der Waals surface area contributed by atoms with Gasteiger partial charge in [-0.05, 0) is 115 Å². The van der Waals surface area contributed by atoms with Crippen LogP contribution in [0.25, 0.3) is 11.1 Å². The molecular weight excluding hydrogens is 675 g/mol. The fourth-order valence-electron chi connectivity index (χ4n) is 6.67. The van der Waals surface area contributed by atoms with Crippen molar-refractivity contribution in [1.82, 2.24) is 0 Å². The van der Waals surface area contributed by atoms with E-state index in [4.69, 9.17) is 9.98 Å². The molecule has 48 heavy (non-hydrogen) atoms. The summed E-state index contributed by atoms with van der Waals surface area (Å²) in [5, 5.41) is 4.35. The third-order valence-corrected chi connectivity index (χ3v) is 9.27. The Bertz CT molecular complexity index is 1360. The van der Waals surface area contributed by atoms with Crippen LogP contribution >= 0.6 is 0 Å². The van der Waals surface area contributed by atoms with E-state index < -0.39 is 0 Å². The molecule has 0 saturated carbocycles. The van der Waals surface area contributed by atoms with Crippen LogP contribution in [-0.2, 0) is 43.7 Å². The number of hydrogen-bond donors (Lipinski definition) is 0. The summed E-state index contributed by atoms with van der Waals surface area (Å²) in [4.78, 5) is 10.2. The summed E-state index contributed by atoms with van der Waals surface area (Å²) >= 11 is 0.950. The summed E-state index contributed by atoms with van der Waals surface area (Å²) in [6.07, 6.45) is 23.2. The first-order valence-corrected chi connectivity index (χ1v) is 22.2. The van der Waals surface area contributed by atoms with Gasteiger partial charge in [-0.15, -0.1) is 0 Å². The van der Waals surface area contributed by atoms with Crippen LogP contribution < -0.4 is 0 Å². The molecule has 3 aromatic carbocycles. The number of benzene rings is 3. The molecule has 0 aromatic heterocycles. The average molecular weight is 743 g/mol. The maximum absolute atomic E-state index is 5.15. The van der Waals surface area contributed by atoms with Gasteiger partial charge in [-0.3, -0.25) is 9.98 Å². The first kappa shape index (κ1) is 41.8. The quantitative estimate of drug-likeness (QED) is 0.0590. The molecule has 0 amide bonds. The topological polar surface area (TPSA) is 24.7 Å². The van der Waals surface area contributed by atoms with E-state index in [9.17, 15) is 0 Å². The molecule has 0 aliphatic heterocycles. The zero-order chi connectivity index (χ0) is 35.0. The molecule has 3 aromatic rings. The first-order chi connectivity index (χ1) is 23.5. The van der Waals surface area contributed by atoms with Crippen molar-refractivity contribution >= 4 is 23.3 Å². The summed E-state index contributed by atoms with van der Waals surface area (Å²) in [6.45, 7) is 13.6. The Balaban J connectivity index is 0.00000257. The summed E-state index contributed by atoms with van der Waals surface area (Å²) in [7, 11) is 0. The van der Waals surface area contributed by atoms with E-state index in [1.807, 2.05) is 6.21 Å². The summed E-state index contributed by atoms with van der Waals surface area (Å²) in [6, 6.07) is 20.1. The molecule has 0 radical (unpaired) electrons. The van der Waals surface area contributed by atoms with Gasteiger partial charge in [-0.25, -0.2) is 0 Å². The zero-order valence-corrected chi connectivity index (χ0v) is 33.6. The Kier molecular flexibility index (Phi) is 22.3. The van der Waals surface area contributed by atoms with Crippen LogP contribution in [0.15, 0.2) is 64.6 Å². The van der Waals surface area contributed by atoms with E-state index in [0.29, 0.717) is 0 Å². The van der Waals surface area contributed by atoms with Crippen molar-refractivity contribution in [1.29, 1.82) is 0 Å². The molecule has 0 heterocycles. The molecule has 3 rings (SSSR count). The molecule has 0 aliphatic carbocycles. The van der Waals surface area contributed by atoms with Crippen molar-refractivity contribution < 1.29 is 18.0 Å². The Hall–Kier alpha value is -2.34. The summed E-state index contributed by atoms with van der Waals surface area (Å²) in [5.74, 6) is 0. The monoisotopic (exact) mass is 742 g/mol. The van der Waals surface area contributed by atoms with E-state index >= 15 is 0 Å². The SMILES string of the molecule is CCCCCCCCc1cc(N=C(C=Nc2cc(CCCCCCCC)c(CC)c(-c3ccccc3)c2)CC)cc(C)c1CC.[CH3][Pd][CH3]. The minimum absolute atomic E-state index is 0.855. The zero-order valence-electron chi connectivity index (χ0n) is 32.0. The van der Waals surface area contributed by atoms with E-state index in [1.165, 1.54) is 116 Å². The van der Waals surface area contributed by atoms with Gasteiger partial charge in [0.15, 0.2) is 0 Å². The molecule has 268 valence electrons. The minimum atomic E-state index is 0.855. The summed E-state index contributed by atoms with van der Waals surface area (Å²) in [5.41, 5.74) is 13.1. The van der Waals surface area contributed by atoms with E-state index in [0.717, 1.165) is 67.2 Å². The van der Waals surface area contributed by atoms with Crippen molar-refractivity contribution in [2.45, 2.75) is 161 Å². The van der Waals surface area contributed by atoms with Crippen molar-refractivity contribution in [3.63, 3.8) is 0 Å². The van der Waals surface area contributed by atoms with Crippen molar-refractivity contribution in [3.8, 4) is 11.1 Å². The number of aliphatic imine (C=N–C) groups is 2. The Labute approximate surface area is 304 Å². The molecular formula is C45H68N2Pd. The second-order valence-electron chi connectivity index (χ2n) is 13.2. The van der Waals surface area contributed by atoms with Gasteiger partial charge >= 0.3 is 28.8 Å². The molecule has 0 N–H and O–H groups in total. The standard InChI is InChI=1S/C43H62N2.2CH3.Pd/c1-7-12-14-16-18-21-27-36-31-40(29-34(6)41(36)10-4)45-38(9-3)33-44-39-30-37(28-22-19-17-15-13-8-2)42(11-5)43(32-39)35-25-23-20-24-26-35;;;/h20,23-26,29-33H,7-19,21-22,27-28H2,1-6H3;2*1H3;. The van der Waals surface area contributed by atoms with Crippen molar-refractivity contribution in [2.24, 2.45) is 9.98 Å². The molecule has 0 bridgehead atoms.